The van der Waals surface area contributed by atoms with Crippen molar-refractivity contribution in [1.29, 1.82) is 0 Å². The lowest BCUT2D eigenvalue weighted by Gasteiger charge is -2.54. The van der Waals surface area contributed by atoms with Crippen LogP contribution >= 0.6 is 0 Å². The first-order valence-electron chi connectivity index (χ1n) is 9.41. The lowest BCUT2D eigenvalue weighted by molar-refractivity contribution is -0.376. The van der Waals surface area contributed by atoms with Crippen molar-refractivity contribution < 1.29 is 55.6 Å². The van der Waals surface area contributed by atoms with Crippen LogP contribution in [0.4, 0.5) is 26.3 Å². The summed E-state index contributed by atoms with van der Waals surface area (Å²) in [6.07, 6.45) is -11.8. The molecule has 180 valence electrons. The Bertz CT molecular complexity index is 784. The summed E-state index contributed by atoms with van der Waals surface area (Å²) in [7, 11) is 0. The molecule has 0 radical (unpaired) electrons. The molecular formula is C19H21F6NO6. The zero-order valence-corrected chi connectivity index (χ0v) is 16.8. The lowest BCUT2D eigenvalue weighted by atomic mass is 9.64. The molecule has 1 aromatic carbocycles. The third-order valence-electron chi connectivity index (χ3n) is 5.13. The van der Waals surface area contributed by atoms with E-state index < -0.39 is 66.7 Å². The molecule has 13 heteroatoms. The number of hydrogen-bond donors (Lipinski definition) is 3. The first kappa shape index (κ1) is 25.9. The maximum absolute atomic E-state index is 14.0. The van der Waals surface area contributed by atoms with Gasteiger partial charge in [-0.15, -0.1) is 0 Å². The number of carbonyl (C=O) groups is 2. The van der Waals surface area contributed by atoms with E-state index in [1.165, 1.54) is 32.0 Å². The minimum Gasteiger partial charge on any atom is -0.466 e. The minimum atomic E-state index is -5.91. The quantitative estimate of drug-likeness (QED) is 0.445. The topological polar surface area (TPSA) is 105 Å². The average Bonchev–Trinajstić information content (AvgIpc) is 2.66. The molecule has 0 saturated carbocycles. The van der Waals surface area contributed by atoms with E-state index in [1.807, 2.05) is 0 Å². The molecule has 1 saturated heterocycles. The molecule has 5 atom stereocenters. The van der Waals surface area contributed by atoms with E-state index in [1.54, 1.807) is 0 Å². The molecule has 7 nitrogen and oxygen atoms in total. The summed E-state index contributed by atoms with van der Waals surface area (Å²) < 4.78 is 93.0. The molecule has 3 N–H and O–H groups in total. The third kappa shape index (κ3) is 4.28. The van der Waals surface area contributed by atoms with E-state index in [0.29, 0.717) is 0 Å². The van der Waals surface area contributed by atoms with E-state index in [-0.39, 0.29) is 5.56 Å². The van der Waals surface area contributed by atoms with Gasteiger partial charge in [0.25, 0.3) is 0 Å². The Morgan fingerprint density at radius 2 is 1.25 bits per heavy atom. The second kappa shape index (κ2) is 8.87. The fourth-order valence-corrected chi connectivity index (χ4v) is 3.81. The molecular weight excluding hydrogens is 452 g/mol. The molecule has 32 heavy (non-hydrogen) atoms. The van der Waals surface area contributed by atoms with Gasteiger partial charge in [-0.1, -0.05) is 30.3 Å². The van der Waals surface area contributed by atoms with E-state index in [0.717, 1.165) is 17.4 Å². The fourth-order valence-electron chi connectivity index (χ4n) is 3.81. The molecule has 1 aromatic rings. The van der Waals surface area contributed by atoms with Crippen molar-refractivity contribution >= 4 is 11.9 Å². The van der Waals surface area contributed by atoms with Crippen molar-refractivity contribution in [1.82, 2.24) is 5.32 Å². The summed E-state index contributed by atoms with van der Waals surface area (Å²) in [5.74, 6) is -11.4. The molecule has 1 unspecified atom stereocenters. The number of aliphatic hydroxyl groups is 2. The zero-order valence-electron chi connectivity index (χ0n) is 16.8. The third-order valence-corrected chi connectivity index (χ3v) is 5.13. The Kier molecular flexibility index (Phi) is 7.17. The number of halogens is 6. The van der Waals surface area contributed by atoms with E-state index >= 15 is 0 Å². The number of alkyl halides is 6. The van der Waals surface area contributed by atoms with Gasteiger partial charge < -0.3 is 19.7 Å². The molecule has 1 aliphatic heterocycles. The maximum Gasteiger partial charge on any atom is 0.432 e. The molecule has 0 spiro atoms. The van der Waals surface area contributed by atoms with Crippen molar-refractivity contribution in [2.24, 2.45) is 11.8 Å². The largest absolute Gasteiger partial charge is 0.466 e. The first-order valence-corrected chi connectivity index (χ1v) is 9.41. The van der Waals surface area contributed by atoms with Crippen molar-refractivity contribution in [2.75, 3.05) is 13.2 Å². The van der Waals surface area contributed by atoms with Crippen LogP contribution in [-0.4, -0.2) is 59.2 Å². The Labute approximate surface area is 178 Å². The smallest absolute Gasteiger partial charge is 0.432 e. The van der Waals surface area contributed by atoms with Gasteiger partial charge in [-0.3, -0.25) is 9.59 Å². The standard InChI is InChI=1S/C19H21F6NO6/c1-3-31-14(27)12-11(10-8-6-5-7-9-10)13(15(28)32-4-2)17(30,19(23,24)25)26-16(12,29)18(20,21)22/h5-9,11-13,26,29-30H,3-4H2,1-2H3/t11?,12-,13-,16-,17+/m0/s1. The Morgan fingerprint density at radius 3 is 1.56 bits per heavy atom. The minimum absolute atomic E-state index is 0.365. The summed E-state index contributed by atoms with van der Waals surface area (Å²) in [6.45, 7) is 1.51. The van der Waals surface area contributed by atoms with Gasteiger partial charge in [0.05, 0.1) is 13.2 Å². The van der Waals surface area contributed by atoms with E-state index in [9.17, 15) is 46.1 Å². The Morgan fingerprint density at radius 1 is 0.875 bits per heavy atom. The summed E-state index contributed by atoms with van der Waals surface area (Å²) in [6, 6.07) is 5.97. The number of carbonyl (C=O) groups excluding carboxylic acids is 2. The van der Waals surface area contributed by atoms with Crippen LogP contribution in [0.15, 0.2) is 30.3 Å². The van der Waals surface area contributed by atoms with Gasteiger partial charge >= 0.3 is 24.3 Å². The molecule has 0 aliphatic carbocycles. The highest BCUT2D eigenvalue weighted by atomic mass is 19.4. The Balaban J connectivity index is 2.93. The Hall–Kier alpha value is -2.38. The summed E-state index contributed by atoms with van der Waals surface area (Å²) in [5, 5.41) is 21.7. The van der Waals surface area contributed by atoms with Crippen molar-refractivity contribution in [3.05, 3.63) is 35.9 Å². The van der Waals surface area contributed by atoms with Crippen LogP contribution in [0.2, 0.25) is 0 Å². The summed E-state index contributed by atoms with van der Waals surface area (Å²) >= 11 is 0. The molecule has 1 aliphatic rings. The SMILES string of the molecule is CCOC(=O)[C@@H]1C(c2ccccc2)[C@@H](C(=O)OCC)[C@](O)(C(F)(F)F)N[C@]1(O)C(F)(F)F. The van der Waals surface area contributed by atoms with Gasteiger partial charge in [-0.25, -0.2) is 5.32 Å². The van der Waals surface area contributed by atoms with Gasteiger partial charge in [0.15, 0.2) is 0 Å². The second-order valence-electron chi connectivity index (χ2n) is 7.05. The van der Waals surface area contributed by atoms with Crippen LogP contribution in [0.25, 0.3) is 0 Å². The maximum atomic E-state index is 14.0. The number of hydrogen-bond acceptors (Lipinski definition) is 7. The van der Waals surface area contributed by atoms with Gasteiger partial charge in [-0.2, -0.15) is 26.3 Å². The molecule has 0 bridgehead atoms. The second-order valence-corrected chi connectivity index (χ2v) is 7.05. The monoisotopic (exact) mass is 473 g/mol. The summed E-state index contributed by atoms with van der Waals surface area (Å²) in [5.41, 5.74) is -9.60. The van der Waals surface area contributed by atoms with E-state index in [2.05, 4.69) is 9.47 Å². The normalized spacial score (nSPS) is 31.1. The average molecular weight is 473 g/mol. The van der Waals surface area contributed by atoms with E-state index in [4.69, 9.17) is 0 Å². The number of benzene rings is 1. The first-order chi connectivity index (χ1) is 14.7. The van der Waals surface area contributed by atoms with Gasteiger partial charge in [0.2, 0.25) is 11.4 Å². The van der Waals surface area contributed by atoms with Gasteiger partial charge in [0.1, 0.15) is 11.8 Å². The number of piperidine rings is 1. The number of rotatable bonds is 5. The van der Waals surface area contributed by atoms with Gasteiger partial charge in [0, 0.05) is 5.92 Å². The molecule has 0 aromatic heterocycles. The number of ether oxygens (including phenoxy) is 2. The predicted molar refractivity (Wildman–Crippen MR) is 94.6 cm³/mol. The van der Waals surface area contributed by atoms with Crippen molar-refractivity contribution in [2.45, 2.75) is 43.6 Å². The van der Waals surface area contributed by atoms with Crippen LogP contribution in [0.5, 0.6) is 0 Å². The van der Waals surface area contributed by atoms with Gasteiger partial charge in [-0.05, 0) is 19.4 Å². The molecule has 1 heterocycles. The zero-order chi connectivity index (χ0) is 24.5. The molecule has 2 rings (SSSR count). The van der Waals surface area contributed by atoms with Crippen LogP contribution in [0.3, 0.4) is 0 Å². The van der Waals surface area contributed by atoms with Crippen molar-refractivity contribution in [3.63, 3.8) is 0 Å². The van der Waals surface area contributed by atoms with Crippen LogP contribution in [0.1, 0.15) is 25.3 Å². The lowest BCUT2D eigenvalue weighted by Crippen LogP contribution is -2.81. The predicted octanol–water partition coefficient (Wildman–Crippen LogP) is 2.23. The highest BCUT2D eigenvalue weighted by molar-refractivity contribution is 5.81. The summed E-state index contributed by atoms with van der Waals surface area (Å²) in [4.78, 5) is 25.2. The molecule has 1 fully saturated rings. The number of nitrogens with one attached hydrogen (secondary N) is 1. The fraction of sp³-hybridized carbons (Fsp3) is 0.579. The van der Waals surface area contributed by atoms with Crippen LogP contribution in [0, 0.1) is 11.8 Å². The van der Waals surface area contributed by atoms with Crippen LogP contribution in [-0.2, 0) is 19.1 Å². The highest BCUT2D eigenvalue weighted by Crippen LogP contribution is 2.55. The van der Waals surface area contributed by atoms with Crippen LogP contribution < -0.4 is 5.32 Å². The highest BCUT2D eigenvalue weighted by Gasteiger charge is 2.78. The van der Waals surface area contributed by atoms with Crippen molar-refractivity contribution in [3.8, 4) is 0 Å². The molecule has 0 amide bonds. The number of esters is 2.